The maximum absolute atomic E-state index is 12.1. The summed E-state index contributed by atoms with van der Waals surface area (Å²) in [5.74, 6) is 0.655. The smallest absolute Gasteiger partial charge is 0.154 e. The third-order valence-corrected chi connectivity index (χ3v) is 5.77. The Morgan fingerprint density at radius 2 is 2.00 bits per heavy atom. The number of nitrogens with one attached hydrogen (secondary N) is 1. The van der Waals surface area contributed by atoms with Gasteiger partial charge in [0.1, 0.15) is 5.75 Å². The zero-order valence-electron chi connectivity index (χ0n) is 13.5. The van der Waals surface area contributed by atoms with Crippen LogP contribution in [-0.4, -0.2) is 37.6 Å². The first-order valence-electron chi connectivity index (χ1n) is 7.24. The highest BCUT2D eigenvalue weighted by atomic mass is 32.2. The van der Waals surface area contributed by atoms with Gasteiger partial charge in [0.15, 0.2) is 9.84 Å². The molecule has 0 bridgehead atoms. The van der Waals surface area contributed by atoms with Gasteiger partial charge in [-0.25, -0.2) is 8.42 Å². The van der Waals surface area contributed by atoms with Gasteiger partial charge in [0.25, 0.3) is 0 Å². The van der Waals surface area contributed by atoms with E-state index >= 15 is 0 Å². The Bertz CT molecular complexity index is 556. The highest BCUT2D eigenvalue weighted by molar-refractivity contribution is 7.92. The fourth-order valence-electron chi connectivity index (χ4n) is 2.11. The van der Waals surface area contributed by atoms with Crippen LogP contribution >= 0.6 is 0 Å². The van der Waals surface area contributed by atoms with Gasteiger partial charge in [-0.05, 0) is 45.4 Å². The van der Waals surface area contributed by atoms with Gasteiger partial charge in [-0.2, -0.15) is 0 Å². The molecule has 0 amide bonds. The Labute approximate surface area is 128 Å². The third-order valence-electron chi connectivity index (χ3n) is 3.63. The molecule has 1 aromatic rings. The normalized spacial score (nSPS) is 14.0. The first kappa shape index (κ1) is 17.9. The summed E-state index contributed by atoms with van der Waals surface area (Å²) in [5, 5.41) is 3.33. The lowest BCUT2D eigenvalue weighted by Crippen LogP contribution is -2.45. The van der Waals surface area contributed by atoms with Gasteiger partial charge in [-0.15, -0.1) is 0 Å². The average molecular weight is 314 g/mol. The zero-order chi connectivity index (χ0) is 16.1. The SMILES string of the molecule is CCCNC(c1cncc(OCC)c1)C(C)(C)S(C)(=O)=O. The lowest BCUT2D eigenvalue weighted by molar-refractivity contribution is 0.336. The summed E-state index contributed by atoms with van der Waals surface area (Å²) >= 11 is 0. The summed E-state index contributed by atoms with van der Waals surface area (Å²) in [5.41, 5.74) is 0.824. The summed E-state index contributed by atoms with van der Waals surface area (Å²) in [6.45, 7) is 8.72. The molecule has 0 aliphatic rings. The van der Waals surface area contributed by atoms with Crippen molar-refractivity contribution in [3.63, 3.8) is 0 Å². The molecule has 0 fully saturated rings. The minimum atomic E-state index is -3.24. The van der Waals surface area contributed by atoms with Crippen molar-refractivity contribution >= 4 is 9.84 Å². The van der Waals surface area contributed by atoms with Crippen molar-refractivity contribution < 1.29 is 13.2 Å². The Hall–Kier alpha value is -1.14. The molecule has 0 aromatic carbocycles. The van der Waals surface area contributed by atoms with E-state index in [-0.39, 0.29) is 6.04 Å². The lowest BCUT2D eigenvalue weighted by Gasteiger charge is -2.33. The van der Waals surface area contributed by atoms with Crippen LogP contribution in [0.1, 0.15) is 45.7 Å². The maximum atomic E-state index is 12.1. The molecular weight excluding hydrogens is 288 g/mol. The van der Waals surface area contributed by atoms with Crippen LogP contribution in [0, 0.1) is 0 Å². The van der Waals surface area contributed by atoms with Gasteiger partial charge in [-0.1, -0.05) is 6.92 Å². The van der Waals surface area contributed by atoms with E-state index in [4.69, 9.17) is 4.74 Å². The van der Waals surface area contributed by atoms with Crippen molar-refractivity contribution in [2.45, 2.75) is 44.9 Å². The van der Waals surface area contributed by atoms with E-state index in [0.717, 1.165) is 18.5 Å². The fourth-order valence-corrected chi connectivity index (χ4v) is 2.75. The van der Waals surface area contributed by atoms with Crippen molar-refractivity contribution in [2.24, 2.45) is 0 Å². The molecule has 1 heterocycles. The van der Waals surface area contributed by atoms with Crippen molar-refractivity contribution in [1.82, 2.24) is 10.3 Å². The zero-order valence-corrected chi connectivity index (χ0v) is 14.3. The Morgan fingerprint density at radius 3 is 2.52 bits per heavy atom. The van der Waals surface area contributed by atoms with Gasteiger partial charge in [-0.3, -0.25) is 4.98 Å². The number of aromatic nitrogens is 1. The molecule has 0 saturated heterocycles. The second-order valence-electron chi connectivity index (χ2n) is 5.65. The van der Waals surface area contributed by atoms with E-state index in [1.54, 1.807) is 26.2 Å². The maximum Gasteiger partial charge on any atom is 0.154 e. The lowest BCUT2D eigenvalue weighted by atomic mass is 9.96. The Morgan fingerprint density at radius 1 is 1.33 bits per heavy atom. The van der Waals surface area contributed by atoms with E-state index in [0.29, 0.717) is 12.4 Å². The highest BCUT2D eigenvalue weighted by Gasteiger charge is 2.39. The molecule has 5 nitrogen and oxygen atoms in total. The molecule has 21 heavy (non-hydrogen) atoms. The van der Waals surface area contributed by atoms with Crippen LogP contribution in [0.2, 0.25) is 0 Å². The Balaban J connectivity index is 3.22. The minimum absolute atomic E-state index is 0.333. The van der Waals surface area contributed by atoms with Crippen LogP contribution in [0.15, 0.2) is 18.5 Å². The molecule has 120 valence electrons. The van der Waals surface area contributed by atoms with Gasteiger partial charge < -0.3 is 10.1 Å². The number of rotatable bonds is 8. The predicted molar refractivity (Wildman–Crippen MR) is 85.4 cm³/mol. The number of hydrogen-bond donors (Lipinski definition) is 1. The van der Waals surface area contributed by atoms with Crippen LogP contribution in [0.3, 0.4) is 0 Å². The van der Waals surface area contributed by atoms with Crippen LogP contribution < -0.4 is 10.1 Å². The Kier molecular flexibility index (Phi) is 6.16. The van der Waals surface area contributed by atoms with E-state index in [1.807, 2.05) is 19.9 Å². The number of nitrogens with zero attached hydrogens (tertiary/aromatic N) is 1. The molecule has 1 rings (SSSR count). The van der Waals surface area contributed by atoms with E-state index in [9.17, 15) is 8.42 Å². The number of pyridine rings is 1. The van der Waals surface area contributed by atoms with Gasteiger partial charge >= 0.3 is 0 Å². The summed E-state index contributed by atoms with van der Waals surface area (Å²) in [6.07, 6.45) is 5.53. The highest BCUT2D eigenvalue weighted by Crippen LogP contribution is 2.33. The van der Waals surface area contributed by atoms with Gasteiger partial charge in [0.05, 0.1) is 23.6 Å². The van der Waals surface area contributed by atoms with Crippen molar-refractivity contribution in [2.75, 3.05) is 19.4 Å². The first-order valence-corrected chi connectivity index (χ1v) is 9.13. The summed E-state index contributed by atoms with van der Waals surface area (Å²) in [7, 11) is -3.24. The molecule has 1 atom stereocenters. The van der Waals surface area contributed by atoms with Crippen LogP contribution in [0.4, 0.5) is 0 Å². The largest absolute Gasteiger partial charge is 0.492 e. The first-order chi connectivity index (χ1) is 9.74. The molecule has 6 heteroatoms. The molecule has 0 saturated carbocycles. The van der Waals surface area contributed by atoms with Crippen molar-refractivity contribution in [3.8, 4) is 5.75 Å². The standard InChI is InChI=1S/C15H26N2O3S/c1-6-8-17-14(15(3,4)21(5,18)19)12-9-13(20-7-2)11-16-10-12/h9-11,14,17H,6-8H2,1-5H3. The topological polar surface area (TPSA) is 68.3 Å². The quantitative estimate of drug-likeness (QED) is 0.797. The molecule has 1 unspecified atom stereocenters. The second kappa shape index (κ2) is 7.22. The van der Waals surface area contributed by atoms with Crippen LogP contribution in [0.25, 0.3) is 0 Å². The van der Waals surface area contributed by atoms with Gasteiger partial charge in [0.2, 0.25) is 0 Å². The van der Waals surface area contributed by atoms with Crippen LogP contribution in [-0.2, 0) is 9.84 Å². The number of ether oxygens (including phenoxy) is 1. The van der Waals surface area contributed by atoms with Crippen LogP contribution in [0.5, 0.6) is 5.75 Å². The third kappa shape index (κ3) is 4.41. The van der Waals surface area contributed by atoms with E-state index in [2.05, 4.69) is 10.3 Å². The summed E-state index contributed by atoms with van der Waals surface area (Å²) in [4.78, 5) is 4.17. The molecular formula is C15H26N2O3S. The van der Waals surface area contributed by atoms with E-state index < -0.39 is 14.6 Å². The fraction of sp³-hybridized carbons (Fsp3) is 0.667. The van der Waals surface area contributed by atoms with Gasteiger partial charge in [0, 0.05) is 12.5 Å². The molecule has 0 spiro atoms. The average Bonchev–Trinajstić information content (AvgIpc) is 2.38. The number of hydrogen-bond acceptors (Lipinski definition) is 5. The summed E-state index contributed by atoms with van der Waals surface area (Å²) < 4.78 is 28.8. The summed E-state index contributed by atoms with van der Waals surface area (Å²) in [6, 6.07) is 1.52. The van der Waals surface area contributed by atoms with Crippen molar-refractivity contribution in [1.29, 1.82) is 0 Å². The molecule has 1 aromatic heterocycles. The predicted octanol–water partition coefficient (Wildman–Crippen LogP) is 2.34. The molecule has 0 aliphatic heterocycles. The van der Waals surface area contributed by atoms with E-state index in [1.165, 1.54) is 6.26 Å². The minimum Gasteiger partial charge on any atom is -0.492 e. The molecule has 0 radical (unpaired) electrons. The molecule has 0 aliphatic carbocycles. The molecule has 1 N–H and O–H groups in total. The number of sulfone groups is 1. The monoisotopic (exact) mass is 314 g/mol. The van der Waals surface area contributed by atoms with Crippen molar-refractivity contribution in [3.05, 3.63) is 24.0 Å². The second-order valence-corrected chi connectivity index (χ2v) is 8.25.